The maximum Gasteiger partial charge on any atom is 0.417 e. The van der Waals surface area contributed by atoms with Gasteiger partial charge in [-0.25, -0.2) is 4.79 Å². The summed E-state index contributed by atoms with van der Waals surface area (Å²) in [5, 5.41) is 1.64. The molecule has 0 aliphatic carbocycles. The molecule has 1 fully saturated rings. The second-order valence-corrected chi connectivity index (χ2v) is 7.08. The summed E-state index contributed by atoms with van der Waals surface area (Å²) in [6.45, 7) is 0. The summed E-state index contributed by atoms with van der Waals surface area (Å²) >= 11 is 0.743. The van der Waals surface area contributed by atoms with Crippen molar-refractivity contribution in [3.05, 3.63) is 58.0 Å². The first-order valence-electron chi connectivity index (χ1n) is 8.52. The van der Waals surface area contributed by atoms with E-state index >= 15 is 0 Å². The van der Waals surface area contributed by atoms with Crippen molar-refractivity contribution >= 4 is 35.0 Å². The van der Waals surface area contributed by atoms with Gasteiger partial charge in [0.05, 0.1) is 30.3 Å². The number of amides is 2. The number of alkyl halides is 3. The van der Waals surface area contributed by atoms with Crippen LogP contribution in [0.25, 0.3) is 6.08 Å². The number of halogens is 3. The highest BCUT2D eigenvalue weighted by molar-refractivity contribution is 8.18. The van der Waals surface area contributed by atoms with Crippen molar-refractivity contribution in [2.75, 3.05) is 14.2 Å². The number of carbonyl (C=O) groups excluding carboxylic acids is 3. The zero-order chi connectivity index (χ0) is 22.8. The topological polar surface area (TPSA) is 90.9 Å². The number of imide groups is 1. The smallest absolute Gasteiger partial charge is 0.417 e. The lowest BCUT2D eigenvalue weighted by molar-refractivity contribution is -0.138. The second kappa shape index (κ2) is 8.72. The monoisotopic (exact) mass is 453 g/mol. The molecular formula is C20H14F3NO6S. The van der Waals surface area contributed by atoms with E-state index in [1.807, 2.05) is 0 Å². The van der Waals surface area contributed by atoms with E-state index in [0.717, 1.165) is 24.9 Å². The number of methoxy groups -OCH3 is 2. The Labute approximate surface area is 178 Å². The van der Waals surface area contributed by atoms with Gasteiger partial charge in [0.2, 0.25) is 0 Å². The average Bonchev–Trinajstić information content (AvgIpc) is 3.04. The van der Waals surface area contributed by atoms with Crippen LogP contribution in [0.4, 0.5) is 18.0 Å². The number of ether oxygens (including phenoxy) is 3. The predicted molar refractivity (Wildman–Crippen MR) is 105 cm³/mol. The van der Waals surface area contributed by atoms with Gasteiger partial charge in [-0.1, -0.05) is 6.07 Å². The molecule has 1 heterocycles. The van der Waals surface area contributed by atoms with Gasteiger partial charge in [-0.05, 0) is 53.7 Å². The number of carbonyl (C=O) groups is 3. The fourth-order valence-electron chi connectivity index (χ4n) is 2.67. The van der Waals surface area contributed by atoms with E-state index < -0.39 is 34.4 Å². The average molecular weight is 453 g/mol. The predicted octanol–water partition coefficient (Wildman–Crippen LogP) is 4.62. The second-order valence-electron chi connectivity index (χ2n) is 6.06. The van der Waals surface area contributed by atoms with Crippen LogP contribution in [0.3, 0.4) is 0 Å². The highest BCUT2D eigenvalue weighted by Gasteiger charge is 2.36. The van der Waals surface area contributed by atoms with Gasteiger partial charge >= 0.3 is 12.1 Å². The lowest BCUT2D eigenvalue weighted by Gasteiger charge is -2.15. The highest BCUT2D eigenvalue weighted by Crippen LogP contribution is 2.38. The number of rotatable bonds is 5. The summed E-state index contributed by atoms with van der Waals surface area (Å²) in [5.41, 5.74) is -1.34. The first kappa shape index (κ1) is 22.2. The number of esters is 1. The fourth-order valence-corrected chi connectivity index (χ4v) is 3.35. The number of benzene rings is 2. The standard InChI is InChI=1S/C20H14F3NO6S/c1-28-15-7-10(8-16-17(25)24-19(27)31-16)3-6-14(15)30-11-4-5-12(18(26)29-2)13(9-11)20(21,22)23/h3-9H,1-2H3,(H,24,25,27)/b16-8-. The number of hydrogen-bond acceptors (Lipinski definition) is 7. The molecule has 0 saturated carbocycles. The molecule has 0 radical (unpaired) electrons. The van der Waals surface area contributed by atoms with Crippen molar-refractivity contribution in [3.63, 3.8) is 0 Å². The van der Waals surface area contributed by atoms with Crippen LogP contribution in [0.2, 0.25) is 0 Å². The minimum atomic E-state index is -4.81. The van der Waals surface area contributed by atoms with Crippen molar-refractivity contribution in [2.24, 2.45) is 0 Å². The van der Waals surface area contributed by atoms with Gasteiger partial charge < -0.3 is 14.2 Å². The number of nitrogens with one attached hydrogen (secondary N) is 1. The molecule has 0 atom stereocenters. The third-order valence-corrected chi connectivity index (χ3v) is 4.87. The third-order valence-electron chi connectivity index (χ3n) is 4.06. The SMILES string of the molecule is COC(=O)c1ccc(Oc2ccc(/C=C3\SC(=O)NC3=O)cc2OC)cc1C(F)(F)F. The number of thioether (sulfide) groups is 1. The Morgan fingerprint density at radius 2 is 1.81 bits per heavy atom. The molecule has 162 valence electrons. The Morgan fingerprint density at radius 1 is 1.06 bits per heavy atom. The molecule has 11 heteroatoms. The Kier molecular flexibility index (Phi) is 6.25. The van der Waals surface area contributed by atoms with Crippen molar-refractivity contribution in [3.8, 4) is 17.2 Å². The molecule has 0 aromatic heterocycles. The van der Waals surface area contributed by atoms with Crippen molar-refractivity contribution < 1.29 is 41.8 Å². The van der Waals surface area contributed by atoms with E-state index in [1.54, 1.807) is 0 Å². The molecule has 7 nitrogen and oxygen atoms in total. The summed E-state index contributed by atoms with van der Waals surface area (Å²) in [5.74, 6) is -1.56. The molecule has 1 aliphatic heterocycles. The lowest BCUT2D eigenvalue weighted by Crippen LogP contribution is -2.17. The lowest BCUT2D eigenvalue weighted by atomic mass is 10.1. The molecule has 1 N–H and O–H groups in total. The highest BCUT2D eigenvalue weighted by atomic mass is 32.2. The number of hydrogen-bond donors (Lipinski definition) is 1. The summed E-state index contributed by atoms with van der Waals surface area (Å²) < 4.78 is 55.2. The van der Waals surface area contributed by atoms with Crippen LogP contribution in [0, 0.1) is 0 Å². The first-order chi connectivity index (χ1) is 14.6. The van der Waals surface area contributed by atoms with Crippen molar-refractivity contribution in [2.45, 2.75) is 6.18 Å². The molecule has 3 rings (SSSR count). The van der Waals surface area contributed by atoms with Crippen LogP contribution < -0.4 is 14.8 Å². The Morgan fingerprint density at radius 3 is 2.39 bits per heavy atom. The summed E-state index contributed by atoms with van der Waals surface area (Å²) in [6, 6.07) is 7.31. The maximum absolute atomic E-state index is 13.4. The van der Waals surface area contributed by atoms with Gasteiger partial charge in [-0.3, -0.25) is 14.9 Å². The molecule has 1 saturated heterocycles. The van der Waals surface area contributed by atoms with Crippen LogP contribution in [0.1, 0.15) is 21.5 Å². The van der Waals surface area contributed by atoms with Gasteiger partial charge in [-0.15, -0.1) is 0 Å². The molecule has 0 spiro atoms. The molecule has 2 amide bonds. The Bertz CT molecular complexity index is 1100. The summed E-state index contributed by atoms with van der Waals surface area (Å²) in [6.07, 6.45) is -3.34. The molecule has 0 unspecified atom stereocenters. The van der Waals surface area contributed by atoms with E-state index in [9.17, 15) is 27.6 Å². The van der Waals surface area contributed by atoms with Gasteiger partial charge in [-0.2, -0.15) is 13.2 Å². The largest absolute Gasteiger partial charge is 0.493 e. The minimum Gasteiger partial charge on any atom is -0.493 e. The molecule has 2 aromatic rings. The Hall–Kier alpha value is -3.47. The van der Waals surface area contributed by atoms with E-state index in [0.29, 0.717) is 11.6 Å². The van der Waals surface area contributed by atoms with Crippen LogP contribution >= 0.6 is 11.8 Å². The maximum atomic E-state index is 13.4. The van der Waals surface area contributed by atoms with Gasteiger partial charge in [0.25, 0.3) is 11.1 Å². The van der Waals surface area contributed by atoms with Crippen LogP contribution in [-0.4, -0.2) is 31.3 Å². The Balaban J connectivity index is 1.92. The molecule has 1 aliphatic rings. The minimum absolute atomic E-state index is 0.100. The summed E-state index contributed by atoms with van der Waals surface area (Å²) in [4.78, 5) is 34.7. The quantitative estimate of drug-likeness (QED) is 0.522. The van der Waals surface area contributed by atoms with Crippen molar-refractivity contribution in [1.29, 1.82) is 0 Å². The molecule has 0 bridgehead atoms. The molecular weight excluding hydrogens is 439 g/mol. The normalized spacial score (nSPS) is 15.1. The van der Waals surface area contributed by atoms with Gasteiger partial charge in [0.15, 0.2) is 11.5 Å². The van der Waals surface area contributed by atoms with Crippen molar-refractivity contribution in [1.82, 2.24) is 5.32 Å². The van der Waals surface area contributed by atoms with Crippen LogP contribution in [0.15, 0.2) is 41.3 Å². The summed E-state index contributed by atoms with van der Waals surface area (Å²) in [7, 11) is 2.32. The molecule has 2 aromatic carbocycles. The van der Waals surface area contributed by atoms with Crippen LogP contribution in [0.5, 0.6) is 17.2 Å². The zero-order valence-corrected chi connectivity index (χ0v) is 16.8. The van der Waals surface area contributed by atoms with E-state index in [2.05, 4.69) is 10.1 Å². The van der Waals surface area contributed by atoms with Gasteiger partial charge in [0.1, 0.15) is 5.75 Å². The van der Waals surface area contributed by atoms with E-state index in [4.69, 9.17) is 9.47 Å². The van der Waals surface area contributed by atoms with Crippen LogP contribution in [-0.2, 0) is 15.7 Å². The zero-order valence-electron chi connectivity index (χ0n) is 16.0. The van der Waals surface area contributed by atoms with E-state index in [-0.39, 0.29) is 22.2 Å². The van der Waals surface area contributed by atoms with Gasteiger partial charge in [0, 0.05) is 0 Å². The van der Waals surface area contributed by atoms with E-state index in [1.165, 1.54) is 37.5 Å². The fraction of sp³-hybridized carbons (Fsp3) is 0.150. The first-order valence-corrected chi connectivity index (χ1v) is 9.34. The third kappa shape index (κ3) is 5.00. The molecule has 31 heavy (non-hydrogen) atoms.